The lowest BCUT2D eigenvalue weighted by Crippen LogP contribution is -2.40. The molecule has 0 bridgehead atoms. The molecule has 224 valence electrons. The molecule has 0 fully saturated rings. The number of hydrogen-bond donors (Lipinski definition) is 3. The van der Waals surface area contributed by atoms with Crippen molar-refractivity contribution < 1.29 is 23.8 Å². The Morgan fingerprint density at radius 2 is 1.86 bits per heavy atom. The lowest BCUT2D eigenvalue weighted by atomic mass is 9.95. The van der Waals surface area contributed by atoms with Crippen molar-refractivity contribution in [3.63, 3.8) is 0 Å². The Morgan fingerprint density at radius 1 is 1.12 bits per heavy atom. The first-order valence-electron chi connectivity index (χ1n) is 13.9. The summed E-state index contributed by atoms with van der Waals surface area (Å²) in [5.41, 5.74) is 3.02. The second-order valence-corrected chi connectivity index (χ2v) is 11.6. The van der Waals surface area contributed by atoms with Gasteiger partial charge in [0.1, 0.15) is 6.04 Å². The Hall–Kier alpha value is -4.12. The zero-order valence-corrected chi connectivity index (χ0v) is 25.9. The Morgan fingerprint density at radius 3 is 2.45 bits per heavy atom. The van der Waals surface area contributed by atoms with E-state index in [9.17, 15) is 14.4 Å². The lowest BCUT2D eigenvalue weighted by molar-refractivity contribution is -0.120. The zero-order valence-electron chi connectivity index (χ0n) is 25.0. The van der Waals surface area contributed by atoms with Crippen LogP contribution >= 0.6 is 11.3 Å². The van der Waals surface area contributed by atoms with Gasteiger partial charge < -0.3 is 30.2 Å². The topological polar surface area (TPSA) is 128 Å². The SMILES string of the molecule is CC[C@@H](C)[C@H](Nc1ccc2c(cc1=O)[C@@H](NC(C)=O)CCc1cc(OC)c(OC)c(OC)c1-2)C(=O)Nc1ncc(C)s1. The van der Waals surface area contributed by atoms with E-state index in [0.29, 0.717) is 52.8 Å². The molecule has 0 radical (unpaired) electrons. The number of ether oxygens (including phenoxy) is 3. The van der Waals surface area contributed by atoms with Gasteiger partial charge in [0.2, 0.25) is 23.0 Å². The van der Waals surface area contributed by atoms with E-state index >= 15 is 0 Å². The van der Waals surface area contributed by atoms with Crippen LogP contribution in [0.4, 0.5) is 10.8 Å². The summed E-state index contributed by atoms with van der Waals surface area (Å²) in [4.78, 5) is 44.6. The van der Waals surface area contributed by atoms with Crippen LogP contribution in [0.2, 0.25) is 0 Å². The Bertz CT molecular complexity index is 1540. The fraction of sp³-hybridized carbons (Fsp3) is 0.419. The van der Waals surface area contributed by atoms with Crippen molar-refractivity contribution >= 4 is 34.0 Å². The number of anilines is 2. The number of rotatable bonds is 10. The van der Waals surface area contributed by atoms with Crippen LogP contribution in [0.25, 0.3) is 11.1 Å². The van der Waals surface area contributed by atoms with Crippen LogP contribution in [0.3, 0.4) is 0 Å². The van der Waals surface area contributed by atoms with E-state index in [1.165, 1.54) is 18.3 Å². The van der Waals surface area contributed by atoms with Crippen LogP contribution < -0.4 is 35.6 Å². The molecule has 10 nitrogen and oxygen atoms in total. The van der Waals surface area contributed by atoms with Gasteiger partial charge in [0, 0.05) is 23.6 Å². The molecular formula is C31H38N4O6S. The average Bonchev–Trinajstić information content (AvgIpc) is 3.23. The molecule has 3 N–H and O–H groups in total. The van der Waals surface area contributed by atoms with E-state index in [0.717, 1.165) is 16.0 Å². The number of aryl methyl sites for hydroxylation is 2. The summed E-state index contributed by atoms with van der Waals surface area (Å²) >= 11 is 1.39. The highest BCUT2D eigenvalue weighted by molar-refractivity contribution is 7.15. The number of aromatic nitrogens is 1. The van der Waals surface area contributed by atoms with E-state index in [2.05, 4.69) is 20.9 Å². The first-order valence-corrected chi connectivity index (χ1v) is 14.7. The number of benzene rings is 1. The summed E-state index contributed by atoms with van der Waals surface area (Å²) in [6.45, 7) is 7.33. The van der Waals surface area contributed by atoms with Gasteiger partial charge in [-0.1, -0.05) is 26.3 Å². The van der Waals surface area contributed by atoms with Crippen molar-refractivity contribution in [1.82, 2.24) is 10.3 Å². The molecule has 2 aromatic carbocycles. The normalized spacial score (nSPS) is 15.3. The number of carbonyl (C=O) groups excluding carboxylic acids is 2. The molecule has 0 saturated carbocycles. The molecule has 0 aliphatic heterocycles. The number of amides is 2. The maximum absolute atomic E-state index is 13.8. The Labute approximate surface area is 249 Å². The van der Waals surface area contributed by atoms with Crippen LogP contribution in [0.5, 0.6) is 17.2 Å². The molecule has 0 saturated heterocycles. The van der Waals surface area contributed by atoms with Gasteiger partial charge in [-0.05, 0) is 60.6 Å². The predicted octanol–water partition coefficient (Wildman–Crippen LogP) is 5.09. The van der Waals surface area contributed by atoms with Crippen molar-refractivity contribution in [1.29, 1.82) is 0 Å². The predicted molar refractivity (Wildman–Crippen MR) is 165 cm³/mol. The minimum absolute atomic E-state index is 0.0848. The molecule has 2 amide bonds. The van der Waals surface area contributed by atoms with Crippen molar-refractivity contribution in [2.45, 2.75) is 59.0 Å². The number of methoxy groups -OCH3 is 3. The van der Waals surface area contributed by atoms with E-state index < -0.39 is 12.1 Å². The molecule has 3 aromatic rings. The maximum Gasteiger partial charge on any atom is 0.248 e. The molecule has 1 aliphatic carbocycles. The van der Waals surface area contributed by atoms with Crippen LogP contribution in [-0.2, 0) is 16.0 Å². The highest BCUT2D eigenvalue weighted by atomic mass is 32.1. The third-order valence-electron chi connectivity index (χ3n) is 7.57. The van der Waals surface area contributed by atoms with Crippen LogP contribution in [0.15, 0.2) is 35.3 Å². The van der Waals surface area contributed by atoms with Gasteiger partial charge in [0.25, 0.3) is 0 Å². The monoisotopic (exact) mass is 594 g/mol. The second kappa shape index (κ2) is 13.2. The standard InChI is InChI=1S/C31H38N4O6S/c1-8-16(2)27(30(38)35-31-32-15-17(3)42-31)34-23-12-10-20-21(14-24(23)37)22(33-18(4)36)11-9-19-13-25(39-5)28(40-6)29(41-7)26(19)20/h10,12-16,22,27H,8-9,11H2,1-7H3,(H,33,36)(H,34,37)(H,32,35,38)/t16-,22+,27+/m1/s1. The number of carbonyl (C=O) groups is 2. The molecule has 4 rings (SSSR count). The maximum atomic E-state index is 13.8. The number of fused-ring (bicyclic) bond motifs is 3. The largest absolute Gasteiger partial charge is 0.493 e. The number of nitrogens with zero attached hydrogens (tertiary/aromatic N) is 1. The Balaban J connectivity index is 1.87. The number of thiazole rings is 1. The number of hydrogen-bond acceptors (Lipinski definition) is 9. The molecule has 0 unspecified atom stereocenters. The minimum Gasteiger partial charge on any atom is -0.493 e. The molecular weight excluding hydrogens is 556 g/mol. The fourth-order valence-electron chi connectivity index (χ4n) is 5.29. The third-order valence-corrected chi connectivity index (χ3v) is 8.40. The van der Waals surface area contributed by atoms with E-state index in [4.69, 9.17) is 14.2 Å². The highest BCUT2D eigenvalue weighted by Gasteiger charge is 2.30. The summed E-state index contributed by atoms with van der Waals surface area (Å²) in [6, 6.07) is 5.85. The fourth-order valence-corrected chi connectivity index (χ4v) is 5.96. The summed E-state index contributed by atoms with van der Waals surface area (Å²) in [5.74, 6) is 0.866. The molecule has 1 aromatic heterocycles. The summed E-state index contributed by atoms with van der Waals surface area (Å²) in [5, 5.41) is 9.62. The van der Waals surface area contributed by atoms with Gasteiger partial charge in [-0.25, -0.2) is 4.98 Å². The van der Waals surface area contributed by atoms with E-state index in [-0.39, 0.29) is 28.8 Å². The van der Waals surface area contributed by atoms with Crippen molar-refractivity contribution in [2.24, 2.45) is 5.92 Å². The minimum atomic E-state index is -0.688. The quantitative estimate of drug-likeness (QED) is 0.296. The molecule has 3 atom stereocenters. The third kappa shape index (κ3) is 6.35. The van der Waals surface area contributed by atoms with Crippen LogP contribution in [0.1, 0.15) is 55.7 Å². The number of nitrogens with one attached hydrogen (secondary N) is 3. The first-order chi connectivity index (χ1) is 20.1. The molecule has 11 heteroatoms. The van der Waals surface area contributed by atoms with E-state index in [1.54, 1.807) is 39.7 Å². The lowest BCUT2D eigenvalue weighted by Gasteiger charge is -2.23. The van der Waals surface area contributed by atoms with Crippen molar-refractivity contribution in [2.75, 3.05) is 32.0 Å². The summed E-state index contributed by atoms with van der Waals surface area (Å²) < 4.78 is 17.1. The van der Waals surface area contributed by atoms with Gasteiger partial charge in [-0.3, -0.25) is 14.4 Å². The summed E-state index contributed by atoms with van der Waals surface area (Å²) in [6.07, 6.45) is 3.56. The van der Waals surface area contributed by atoms with Gasteiger partial charge >= 0.3 is 0 Å². The molecule has 1 heterocycles. The van der Waals surface area contributed by atoms with Gasteiger partial charge in [0.05, 0.1) is 33.1 Å². The molecule has 0 spiro atoms. The zero-order chi connectivity index (χ0) is 30.6. The van der Waals surface area contributed by atoms with Crippen LogP contribution in [0, 0.1) is 12.8 Å². The van der Waals surface area contributed by atoms with E-state index in [1.807, 2.05) is 32.9 Å². The van der Waals surface area contributed by atoms with Gasteiger partial charge in [-0.15, -0.1) is 11.3 Å². The summed E-state index contributed by atoms with van der Waals surface area (Å²) in [7, 11) is 4.66. The highest BCUT2D eigenvalue weighted by Crippen LogP contribution is 2.50. The Kier molecular flexibility index (Phi) is 9.72. The smallest absolute Gasteiger partial charge is 0.248 e. The van der Waals surface area contributed by atoms with Crippen molar-refractivity contribution in [3.8, 4) is 28.4 Å². The van der Waals surface area contributed by atoms with Crippen LogP contribution in [-0.4, -0.2) is 44.2 Å². The van der Waals surface area contributed by atoms with Gasteiger partial charge in [0.15, 0.2) is 16.6 Å². The molecule has 42 heavy (non-hydrogen) atoms. The second-order valence-electron chi connectivity index (χ2n) is 10.4. The molecule has 1 aliphatic rings. The van der Waals surface area contributed by atoms with Gasteiger partial charge in [-0.2, -0.15) is 0 Å². The average molecular weight is 595 g/mol. The van der Waals surface area contributed by atoms with Crippen molar-refractivity contribution in [3.05, 3.63) is 56.7 Å². The first kappa shape index (κ1) is 30.8.